The summed E-state index contributed by atoms with van der Waals surface area (Å²) in [4.78, 5) is 23.5. The van der Waals surface area contributed by atoms with E-state index in [0.717, 1.165) is 11.1 Å². The Morgan fingerprint density at radius 1 is 1.04 bits per heavy atom. The van der Waals surface area contributed by atoms with E-state index in [9.17, 15) is 9.59 Å². The molecule has 0 spiro atoms. The first-order valence-corrected chi connectivity index (χ1v) is 9.01. The Morgan fingerprint density at radius 2 is 1.82 bits per heavy atom. The highest BCUT2D eigenvalue weighted by molar-refractivity contribution is 5.94. The van der Waals surface area contributed by atoms with Gasteiger partial charge in [0.05, 0.1) is 25.9 Å². The van der Waals surface area contributed by atoms with E-state index < -0.39 is 5.97 Å². The summed E-state index contributed by atoms with van der Waals surface area (Å²) in [5, 5.41) is 0. The zero-order chi connectivity index (χ0) is 20.1. The first-order chi connectivity index (χ1) is 13.6. The minimum Gasteiger partial charge on any atom is -0.493 e. The number of hydrogen-bond acceptors (Lipinski definition) is 7. The van der Waals surface area contributed by atoms with Crippen LogP contribution in [0, 0.1) is 0 Å². The average Bonchev–Trinajstić information content (AvgIpc) is 3.07. The lowest BCUT2D eigenvalue weighted by molar-refractivity contribution is -0.145. The number of hydrogen-bond donors (Lipinski definition) is 0. The molecule has 7 nitrogen and oxygen atoms in total. The summed E-state index contributed by atoms with van der Waals surface area (Å²) in [7, 11) is 1.53. The predicted molar refractivity (Wildman–Crippen MR) is 101 cm³/mol. The van der Waals surface area contributed by atoms with Gasteiger partial charge in [-0.05, 0) is 43.7 Å². The molecule has 0 saturated heterocycles. The highest BCUT2D eigenvalue weighted by Gasteiger charge is 2.24. The van der Waals surface area contributed by atoms with Crippen LogP contribution in [-0.4, -0.2) is 38.9 Å². The van der Waals surface area contributed by atoms with Crippen LogP contribution >= 0.6 is 0 Å². The second-order valence-electron chi connectivity index (χ2n) is 5.95. The Bertz CT molecular complexity index is 889. The third-order valence-corrected chi connectivity index (χ3v) is 4.22. The Labute approximate surface area is 163 Å². The number of methoxy groups -OCH3 is 1. The molecule has 2 aromatic rings. The number of carbonyl (C=O) groups is 2. The van der Waals surface area contributed by atoms with E-state index in [1.165, 1.54) is 7.11 Å². The summed E-state index contributed by atoms with van der Waals surface area (Å²) < 4.78 is 26.9. The van der Waals surface area contributed by atoms with Gasteiger partial charge in [-0.1, -0.05) is 6.07 Å². The number of rotatable bonds is 8. The number of ether oxygens (including phenoxy) is 5. The van der Waals surface area contributed by atoms with Gasteiger partial charge in [0.1, 0.15) is 6.61 Å². The second-order valence-corrected chi connectivity index (χ2v) is 5.95. The molecule has 0 N–H and O–H groups in total. The second kappa shape index (κ2) is 8.65. The van der Waals surface area contributed by atoms with Crippen LogP contribution in [0.15, 0.2) is 30.3 Å². The maximum Gasteiger partial charge on any atom is 0.344 e. The van der Waals surface area contributed by atoms with Crippen LogP contribution in [0.1, 0.15) is 29.8 Å². The van der Waals surface area contributed by atoms with Crippen molar-refractivity contribution in [3.05, 3.63) is 41.5 Å². The Morgan fingerprint density at radius 3 is 2.54 bits per heavy atom. The van der Waals surface area contributed by atoms with Gasteiger partial charge in [-0.15, -0.1) is 0 Å². The van der Waals surface area contributed by atoms with Crippen molar-refractivity contribution in [1.82, 2.24) is 0 Å². The molecule has 0 aromatic heterocycles. The standard InChI is InChI=1S/C21H22O7/c1-4-25-18(22)12-27-19-15(8-9-17(24-3)20(19)26-5-2)13-6-7-16-14(10-13)11-28-21(16)23/h6-10H,4-5,11-12H2,1-3H3. The van der Waals surface area contributed by atoms with Crippen molar-refractivity contribution in [3.8, 4) is 28.4 Å². The minimum absolute atomic E-state index is 0.232. The number of cyclic esters (lactones) is 1. The van der Waals surface area contributed by atoms with E-state index in [-0.39, 0.29) is 25.8 Å². The van der Waals surface area contributed by atoms with Crippen molar-refractivity contribution in [1.29, 1.82) is 0 Å². The van der Waals surface area contributed by atoms with Crippen molar-refractivity contribution < 1.29 is 33.3 Å². The van der Waals surface area contributed by atoms with Crippen molar-refractivity contribution in [2.24, 2.45) is 0 Å². The van der Waals surface area contributed by atoms with E-state index in [4.69, 9.17) is 23.7 Å². The van der Waals surface area contributed by atoms with E-state index in [1.807, 2.05) is 19.1 Å². The maximum absolute atomic E-state index is 11.8. The summed E-state index contributed by atoms with van der Waals surface area (Å²) in [6.45, 7) is 4.20. The molecule has 0 bridgehead atoms. The van der Waals surface area contributed by atoms with E-state index >= 15 is 0 Å². The van der Waals surface area contributed by atoms with Crippen LogP contribution in [0.2, 0.25) is 0 Å². The fraction of sp³-hybridized carbons (Fsp3) is 0.333. The lowest BCUT2D eigenvalue weighted by atomic mass is 9.99. The molecule has 7 heteroatoms. The van der Waals surface area contributed by atoms with Crippen LogP contribution in [-0.2, 0) is 20.9 Å². The third-order valence-electron chi connectivity index (χ3n) is 4.22. The van der Waals surface area contributed by atoms with Gasteiger partial charge in [0.2, 0.25) is 5.75 Å². The molecule has 0 atom stereocenters. The molecule has 1 aliphatic heterocycles. The smallest absolute Gasteiger partial charge is 0.344 e. The highest BCUT2D eigenvalue weighted by atomic mass is 16.6. The SMILES string of the molecule is CCOC(=O)COc1c(-c2ccc3c(c2)COC3=O)ccc(OC)c1OCC. The van der Waals surface area contributed by atoms with E-state index in [0.29, 0.717) is 35.0 Å². The molecule has 0 radical (unpaired) electrons. The zero-order valence-electron chi connectivity index (χ0n) is 16.1. The molecular formula is C21H22O7. The number of esters is 2. The first-order valence-electron chi connectivity index (χ1n) is 9.01. The van der Waals surface area contributed by atoms with Crippen molar-refractivity contribution >= 4 is 11.9 Å². The normalized spacial score (nSPS) is 12.2. The third kappa shape index (κ3) is 3.88. The van der Waals surface area contributed by atoms with Gasteiger partial charge in [0.25, 0.3) is 0 Å². The molecular weight excluding hydrogens is 364 g/mol. The summed E-state index contributed by atoms with van der Waals surface area (Å²) >= 11 is 0. The van der Waals surface area contributed by atoms with Gasteiger partial charge in [-0.2, -0.15) is 0 Å². The maximum atomic E-state index is 11.8. The largest absolute Gasteiger partial charge is 0.493 e. The van der Waals surface area contributed by atoms with E-state index in [1.54, 1.807) is 25.1 Å². The Kier molecular flexibility index (Phi) is 6.03. The monoisotopic (exact) mass is 386 g/mol. The molecule has 148 valence electrons. The zero-order valence-corrected chi connectivity index (χ0v) is 16.1. The molecule has 0 aliphatic carbocycles. The van der Waals surface area contributed by atoms with Gasteiger partial charge in [-0.3, -0.25) is 0 Å². The molecule has 1 heterocycles. The van der Waals surface area contributed by atoms with E-state index in [2.05, 4.69) is 0 Å². The highest BCUT2D eigenvalue weighted by Crippen LogP contribution is 2.45. The lowest BCUT2D eigenvalue weighted by Crippen LogP contribution is -2.15. The van der Waals surface area contributed by atoms with Crippen LogP contribution in [0.25, 0.3) is 11.1 Å². The van der Waals surface area contributed by atoms with Crippen molar-refractivity contribution in [2.45, 2.75) is 20.5 Å². The van der Waals surface area contributed by atoms with Gasteiger partial charge >= 0.3 is 11.9 Å². The summed E-state index contributed by atoms with van der Waals surface area (Å²) in [6, 6.07) is 8.99. The Balaban J connectivity index is 2.05. The molecule has 1 aliphatic rings. The van der Waals surface area contributed by atoms with Crippen LogP contribution in [0.5, 0.6) is 17.2 Å². The van der Waals surface area contributed by atoms with Gasteiger partial charge in [0.15, 0.2) is 18.1 Å². The molecule has 0 saturated carbocycles. The average molecular weight is 386 g/mol. The van der Waals surface area contributed by atoms with Crippen molar-refractivity contribution in [2.75, 3.05) is 26.9 Å². The summed E-state index contributed by atoms with van der Waals surface area (Å²) in [6.07, 6.45) is 0. The molecule has 0 fully saturated rings. The molecule has 2 aromatic carbocycles. The topological polar surface area (TPSA) is 80.3 Å². The number of benzene rings is 2. The van der Waals surface area contributed by atoms with Crippen LogP contribution in [0.3, 0.4) is 0 Å². The number of fused-ring (bicyclic) bond motifs is 1. The van der Waals surface area contributed by atoms with Crippen LogP contribution in [0.4, 0.5) is 0 Å². The summed E-state index contributed by atoms with van der Waals surface area (Å²) in [5.41, 5.74) is 2.86. The lowest BCUT2D eigenvalue weighted by Gasteiger charge is -2.18. The fourth-order valence-electron chi connectivity index (χ4n) is 2.99. The van der Waals surface area contributed by atoms with Gasteiger partial charge < -0.3 is 23.7 Å². The molecule has 0 amide bonds. The number of carbonyl (C=O) groups excluding carboxylic acids is 2. The molecule has 3 rings (SSSR count). The molecule has 28 heavy (non-hydrogen) atoms. The van der Waals surface area contributed by atoms with Crippen LogP contribution < -0.4 is 14.2 Å². The summed E-state index contributed by atoms with van der Waals surface area (Å²) in [5.74, 6) is 0.458. The molecule has 0 unspecified atom stereocenters. The van der Waals surface area contributed by atoms with Gasteiger partial charge in [0, 0.05) is 11.1 Å². The Hall–Kier alpha value is -3.22. The van der Waals surface area contributed by atoms with Gasteiger partial charge in [-0.25, -0.2) is 9.59 Å². The first kappa shape index (κ1) is 19.5. The predicted octanol–water partition coefficient (Wildman–Crippen LogP) is 3.37. The minimum atomic E-state index is -0.480. The quantitative estimate of drug-likeness (QED) is 0.644. The van der Waals surface area contributed by atoms with Crippen molar-refractivity contribution in [3.63, 3.8) is 0 Å². The fourth-order valence-corrected chi connectivity index (χ4v) is 2.99.